The first-order valence-corrected chi connectivity index (χ1v) is 6.69. The van der Waals surface area contributed by atoms with E-state index in [0.717, 1.165) is 13.0 Å². The Labute approximate surface area is 117 Å². The highest BCUT2D eigenvalue weighted by molar-refractivity contribution is 5.59. The number of rotatable bonds is 3. The number of fused-ring (bicyclic) bond motifs is 1. The number of aromatic hydroxyl groups is 1. The monoisotopic (exact) mass is 272 g/mol. The van der Waals surface area contributed by atoms with Gasteiger partial charge < -0.3 is 15.3 Å². The summed E-state index contributed by atoms with van der Waals surface area (Å²) >= 11 is 0. The molecule has 4 heteroatoms. The molecule has 0 aromatic heterocycles. The minimum atomic E-state index is -0.606. The molecule has 0 fully saturated rings. The topological polar surface area (TPSA) is 35.5 Å². The molecule has 0 unspecified atom stereocenters. The highest BCUT2D eigenvalue weighted by Gasteiger charge is 2.15. The fraction of sp³-hybridized carbons (Fsp3) is 0.250. The van der Waals surface area contributed by atoms with E-state index in [2.05, 4.69) is 35.5 Å². The minimum absolute atomic E-state index is 0.323. The number of nitrogens with one attached hydrogen (secondary N) is 1. The van der Waals surface area contributed by atoms with Gasteiger partial charge in [-0.3, -0.25) is 0 Å². The van der Waals surface area contributed by atoms with E-state index in [0.29, 0.717) is 12.2 Å². The first-order valence-electron chi connectivity index (χ1n) is 6.69. The summed E-state index contributed by atoms with van der Waals surface area (Å²) in [5, 5.41) is 12.3. The Balaban J connectivity index is 1.71. The highest BCUT2D eigenvalue weighted by Crippen LogP contribution is 2.27. The lowest BCUT2D eigenvalue weighted by Gasteiger charge is -2.13. The van der Waals surface area contributed by atoms with Gasteiger partial charge >= 0.3 is 0 Å². The van der Waals surface area contributed by atoms with Gasteiger partial charge in [-0.25, -0.2) is 4.39 Å². The van der Waals surface area contributed by atoms with Crippen molar-refractivity contribution in [1.29, 1.82) is 0 Å². The Morgan fingerprint density at radius 2 is 2.10 bits per heavy atom. The zero-order valence-electron chi connectivity index (χ0n) is 11.4. The number of anilines is 2. The van der Waals surface area contributed by atoms with Crippen molar-refractivity contribution in [2.24, 2.45) is 0 Å². The summed E-state index contributed by atoms with van der Waals surface area (Å²) in [6, 6.07) is 10.7. The predicted octanol–water partition coefficient (Wildman–Crippen LogP) is 3.14. The highest BCUT2D eigenvalue weighted by atomic mass is 19.1. The zero-order valence-corrected chi connectivity index (χ0v) is 11.4. The maximum Gasteiger partial charge on any atom is 0.166 e. The normalized spacial score (nSPS) is 13.4. The van der Waals surface area contributed by atoms with Crippen LogP contribution in [0.1, 0.15) is 11.1 Å². The summed E-state index contributed by atoms with van der Waals surface area (Å²) in [6.07, 6.45) is 1.08. The van der Waals surface area contributed by atoms with Crippen molar-refractivity contribution in [2.45, 2.75) is 13.0 Å². The SMILES string of the molecule is CN1CCc2cc(CNc3ccc(O)c(F)c3)ccc21. The van der Waals surface area contributed by atoms with E-state index >= 15 is 0 Å². The van der Waals surface area contributed by atoms with E-state index in [9.17, 15) is 4.39 Å². The summed E-state index contributed by atoms with van der Waals surface area (Å²) in [7, 11) is 2.10. The molecule has 3 nitrogen and oxygen atoms in total. The van der Waals surface area contributed by atoms with Crippen LogP contribution in [0.3, 0.4) is 0 Å². The van der Waals surface area contributed by atoms with E-state index in [4.69, 9.17) is 5.11 Å². The molecule has 3 rings (SSSR count). The number of halogens is 1. The average molecular weight is 272 g/mol. The second-order valence-electron chi connectivity index (χ2n) is 5.15. The van der Waals surface area contributed by atoms with Crippen molar-refractivity contribution in [3.8, 4) is 5.75 Å². The molecule has 0 saturated heterocycles. The molecule has 0 spiro atoms. The molecule has 2 aromatic rings. The van der Waals surface area contributed by atoms with Crippen LogP contribution in [0.15, 0.2) is 36.4 Å². The fourth-order valence-corrected chi connectivity index (χ4v) is 2.55. The smallest absolute Gasteiger partial charge is 0.166 e. The van der Waals surface area contributed by atoms with Crippen LogP contribution in [0, 0.1) is 5.82 Å². The Morgan fingerprint density at radius 3 is 2.90 bits per heavy atom. The summed E-state index contributed by atoms with van der Waals surface area (Å²) < 4.78 is 13.2. The molecule has 0 atom stereocenters. The van der Waals surface area contributed by atoms with Gasteiger partial charge in [-0.15, -0.1) is 0 Å². The molecule has 20 heavy (non-hydrogen) atoms. The lowest BCUT2D eigenvalue weighted by Crippen LogP contribution is -2.12. The van der Waals surface area contributed by atoms with E-state index in [1.54, 1.807) is 6.07 Å². The molecular formula is C16H17FN2O. The standard InChI is InChI=1S/C16H17FN2O/c1-19-7-6-12-8-11(2-4-15(12)19)10-18-13-3-5-16(20)14(17)9-13/h2-5,8-9,18,20H,6-7,10H2,1H3. The van der Waals surface area contributed by atoms with Gasteiger partial charge in [0.05, 0.1) is 0 Å². The van der Waals surface area contributed by atoms with Crippen LogP contribution in [-0.4, -0.2) is 18.7 Å². The van der Waals surface area contributed by atoms with Crippen molar-refractivity contribution < 1.29 is 9.50 Å². The molecule has 2 N–H and O–H groups in total. The van der Waals surface area contributed by atoms with E-state index in [1.165, 1.54) is 28.9 Å². The van der Waals surface area contributed by atoms with Crippen LogP contribution in [0.2, 0.25) is 0 Å². The van der Waals surface area contributed by atoms with Gasteiger partial charge in [-0.2, -0.15) is 0 Å². The number of phenols is 1. The number of benzene rings is 2. The third-order valence-electron chi connectivity index (χ3n) is 3.72. The molecule has 1 aliphatic rings. The molecule has 0 aliphatic carbocycles. The second-order valence-corrected chi connectivity index (χ2v) is 5.15. The largest absolute Gasteiger partial charge is 0.505 e. The van der Waals surface area contributed by atoms with E-state index in [1.807, 2.05) is 0 Å². The van der Waals surface area contributed by atoms with Crippen molar-refractivity contribution in [2.75, 3.05) is 23.8 Å². The Kier molecular flexibility index (Phi) is 3.22. The van der Waals surface area contributed by atoms with Crippen LogP contribution in [0.4, 0.5) is 15.8 Å². The third kappa shape index (κ3) is 2.41. The predicted molar refractivity (Wildman–Crippen MR) is 78.8 cm³/mol. The van der Waals surface area contributed by atoms with Gasteiger partial charge in [0.1, 0.15) is 0 Å². The summed E-state index contributed by atoms with van der Waals surface area (Å²) in [4.78, 5) is 2.25. The van der Waals surface area contributed by atoms with Gasteiger partial charge in [-0.05, 0) is 35.7 Å². The Morgan fingerprint density at radius 1 is 1.25 bits per heavy atom. The van der Waals surface area contributed by atoms with E-state index in [-0.39, 0.29) is 5.75 Å². The molecule has 1 aliphatic heterocycles. The van der Waals surface area contributed by atoms with Gasteiger partial charge in [-0.1, -0.05) is 12.1 Å². The molecule has 104 valence electrons. The van der Waals surface area contributed by atoms with Gasteiger partial charge in [0.25, 0.3) is 0 Å². The Hall–Kier alpha value is -2.23. The summed E-state index contributed by atoms with van der Waals surface area (Å²) in [5.74, 6) is -0.929. The number of nitrogens with zero attached hydrogens (tertiary/aromatic N) is 1. The zero-order chi connectivity index (χ0) is 14.1. The summed E-state index contributed by atoms with van der Waals surface area (Å²) in [6.45, 7) is 1.70. The number of phenolic OH excluding ortho intramolecular Hbond substituents is 1. The minimum Gasteiger partial charge on any atom is -0.505 e. The maximum absolute atomic E-state index is 13.2. The lowest BCUT2D eigenvalue weighted by molar-refractivity contribution is 0.432. The molecule has 0 bridgehead atoms. The van der Waals surface area contributed by atoms with Gasteiger partial charge in [0, 0.05) is 37.6 Å². The van der Waals surface area contributed by atoms with Crippen LogP contribution < -0.4 is 10.2 Å². The quantitative estimate of drug-likeness (QED) is 0.843. The van der Waals surface area contributed by atoms with Crippen molar-refractivity contribution in [3.05, 3.63) is 53.3 Å². The van der Waals surface area contributed by atoms with Crippen LogP contribution in [0.5, 0.6) is 5.75 Å². The van der Waals surface area contributed by atoms with Crippen LogP contribution >= 0.6 is 0 Å². The summed E-state index contributed by atoms with van der Waals surface area (Å²) in [5.41, 5.74) is 4.50. The van der Waals surface area contributed by atoms with E-state index < -0.39 is 5.82 Å². The number of likely N-dealkylation sites (N-methyl/N-ethyl adjacent to an activating group) is 1. The van der Waals surface area contributed by atoms with Crippen molar-refractivity contribution in [1.82, 2.24) is 0 Å². The lowest BCUT2D eigenvalue weighted by atomic mass is 10.1. The first-order chi connectivity index (χ1) is 9.63. The Bertz CT molecular complexity index is 642. The van der Waals surface area contributed by atoms with Gasteiger partial charge in [0.15, 0.2) is 11.6 Å². The van der Waals surface area contributed by atoms with Gasteiger partial charge in [0.2, 0.25) is 0 Å². The van der Waals surface area contributed by atoms with Crippen molar-refractivity contribution >= 4 is 11.4 Å². The molecule has 1 heterocycles. The first kappa shape index (κ1) is 12.8. The average Bonchev–Trinajstić information content (AvgIpc) is 2.81. The van der Waals surface area contributed by atoms with Crippen LogP contribution in [-0.2, 0) is 13.0 Å². The molecule has 0 amide bonds. The molecule has 2 aromatic carbocycles. The third-order valence-corrected chi connectivity index (χ3v) is 3.72. The molecular weight excluding hydrogens is 255 g/mol. The maximum atomic E-state index is 13.2. The number of hydrogen-bond acceptors (Lipinski definition) is 3. The fourth-order valence-electron chi connectivity index (χ4n) is 2.55. The van der Waals surface area contributed by atoms with Crippen molar-refractivity contribution in [3.63, 3.8) is 0 Å². The second kappa shape index (κ2) is 5.04. The molecule has 0 saturated carbocycles. The number of hydrogen-bond donors (Lipinski definition) is 2. The van der Waals surface area contributed by atoms with Crippen LogP contribution in [0.25, 0.3) is 0 Å². The molecule has 0 radical (unpaired) electrons.